The normalized spacial score (nSPS) is 11.8. The fraction of sp³-hybridized carbons (Fsp3) is 0.250. The second kappa shape index (κ2) is 6.26. The summed E-state index contributed by atoms with van der Waals surface area (Å²) in [7, 11) is 3.34. The van der Waals surface area contributed by atoms with Gasteiger partial charge in [-0.25, -0.2) is 4.98 Å². The molecule has 5 nitrogen and oxygen atoms in total. The Labute approximate surface area is 124 Å². The average Bonchev–Trinajstić information content (AvgIpc) is 2.53. The predicted octanol–water partition coefficient (Wildman–Crippen LogP) is 2.51. The molecular formula is C16H19N3O2. The Morgan fingerprint density at radius 1 is 1.29 bits per heavy atom. The van der Waals surface area contributed by atoms with Crippen molar-refractivity contribution in [3.8, 4) is 5.75 Å². The van der Waals surface area contributed by atoms with Gasteiger partial charge >= 0.3 is 0 Å². The number of hydrogen-bond acceptors (Lipinski definition) is 4. The number of carbonyl (C=O) groups is 1. The first-order valence-electron chi connectivity index (χ1n) is 6.66. The van der Waals surface area contributed by atoms with Crippen LogP contribution < -0.4 is 10.5 Å². The van der Waals surface area contributed by atoms with Gasteiger partial charge in [-0.2, -0.15) is 0 Å². The Morgan fingerprint density at radius 2 is 2.00 bits per heavy atom. The number of amides is 1. The van der Waals surface area contributed by atoms with E-state index in [4.69, 9.17) is 10.5 Å². The van der Waals surface area contributed by atoms with E-state index in [1.165, 1.54) is 0 Å². The number of carbonyl (C=O) groups excluding carboxylic acids is 1. The summed E-state index contributed by atoms with van der Waals surface area (Å²) in [5.74, 6) is 0.533. The van der Waals surface area contributed by atoms with E-state index in [9.17, 15) is 4.79 Å². The Bertz CT molecular complexity index is 643. The molecule has 0 spiro atoms. The van der Waals surface area contributed by atoms with Gasteiger partial charge in [0.15, 0.2) is 5.69 Å². The van der Waals surface area contributed by atoms with E-state index >= 15 is 0 Å². The van der Waals surface area contributed by atoms with Crippen molar-refractivity contribution in [2.24, 2.45) is 0 Å². The number of nitrogens with zero attached hydrogens (tertiary/aromatic N) is 2. The van der Waals surface area contributed by atoms with Gasteiger partial charge in [-0.15, -0.1) is 0 Å². The second-order valence-electron chi connectivity index (χ2n) is 4.78. The van der Waals surface area contributed by atoms with E-state index in [0.29, 0.717) is 5.69 Å². The van der Waals surface area contributed by atoms with Gasteiger partial charge in [0.05, 0.1) is 18.8 Å². The average molecular weight is 285 g/mol. The fourth-order valence-electron chi connectivity index (χ4n) is 2.16. The number of para-hydroxylation sites is 1. The van der Waals surface area contributed by atoms with E-state index in [1.54, 1.807) is 37.4 Å². The molecule has 1 amide bonds. The molecule has 0 saturated heterocycles. The minimum absolute atomic E-state index is 0.157. The number of anilines is 1. The molecule has 0 fully saturated rings. The third-order valence-electron chi connectivity index (χ3n) is 3.53. The van der Waals surface area contributed by atoms with Crippen LogP contribution in [-0.4, -0.2) is 29.9 Å². The number of rotatable bonds is 4. The van der Waals surface area contributed by atoms with Gasteiger partial charge in [-0.05, 0) is 25.1 Å². The summed E-state index contributed by atoms with van der Waals surface area (Å²) in [6.45, 7) is 1.94. The highest BCUT2D eigenvalue weighted by Gasteiger charge is 2.23. The highest BCUT2D eigenvalue weighted by Crippen LogP contribution is 2.29. The van der Waals surface area contributed by atoms with Crippen molar-refractivity contribution in [2.45, 2.75) is 13.0 Å². The molecule has 110 valence electrons. The summed E-state index contributed by atoms with van der Waals surface area (Å²) in [4.78, 5) is 18.2. The second-order valence-corrected chi connectivity index (χ2v) is 4.78. The van der Waals surface area contributed by atoms with Gasteiger partial charge in [0.1, 0.15) is 5.75 Å². The molecule has 0 aliphatic heterocycles. The molecule has 2 aromatic rings. The minimum atomic E-state index is -0.216. The molecule has 0 aliphatic carbocycles. The van der Waals surface area contributed by atoms with Gasteiger partial charge in [0.25, 0.3) is 5.91 Å². The summed E-state index contributed by atoms with van der Waals surface area (Å²) in [6, 6.07) is 10.8. The van der Waals surface area contributed by atoms with Crippen LogP contribution in [0.25, 0.3) is 0 Å². The summed E-state index contributed by atoms with van der Waals surface area (Å²) < 4.78 is 5.35. The molecule has 0 aliphatic rings. The summed E-state index contributed by atoms with van der Waals surface area (Å²) in [5.41, 5.74) is 7.40. The summed E-state index contributed by atoms with van der Waals surface area (Å²) >= 11 is 0. The fourth-order valence-corrected chi connectivity index (χ4v) is 2.16. The molecule has 2 N–H and O–H groups in total. The number of aromatic nitrogens is 1. The van der Waals surface area contributed by atoms with E-state index < -0.39 is 0 Å². The van der Waals surface area contributed by atoms with Crippen LogP contribution in [-0.2, 0) is 0 Å². The van der Waals surface area contributed by atoms with Crippen LogP contribution >= 0.6 is 0 Å². The zero-order valence-electron chi connectivity index (χ0n) is 12.4. The molecular weight excluding hydrogens is 266 g/mol. The maximum absolute atomic E-state index is 12.5. The molecule has 5 heteroatoms. The quantitative estimate of drug-likeness (QED) is 0.937. The van der Waals surface area contributed by atoms with Crippen LogP contribution in [0.15, 0.2) is 42.6 Å². The summed E-state index contributed by atoms with van der Waals surface area (Å²) in [5, 5.41) is 0. The summed E-state index contributed by atoms with van der Waals surface area (Å²) in [6.07, 6.45) is 1.56. The van der Waals surface area contributed by atoms with Crippen molar-refractivity contribution in [1.82, 2.24) is 9.88 Å². The number of ether oxygens (including phenoxy) is 1. The van der Waals surface area contributed by atoms with E-state index in [-0.39, 0.29) is 17.6 Å². The van der Waals surface area contributed by atoms with Crippen molar-refractivity contribution in [2.75, 3.05) is 19.9 Å². The number of methoxy groups -OCH3 is 1. The van der Waals surface area contributed by atoms with Gasteiger partial charge in [-0.3, -0.25) is 4.79 Å². The van der Waals surface area contributed by atoms with Gasteiger partial charge in [0, 0.05) is 18.8 Å². The lowest BCUT2D eigenvalue weighted by Crippen LogP contribution is -2.31. The third kappa shape index (κ3) is 2.97. The first-order chi connectivity index (χ1) is 10.1. The molecule has 1 atom stereocenters. The smallest absolute Gasteiger partial charge is 0.274 e. The lowest BCUT2D eigenvalue weighted by molar-refractivity contribution is 0.0736. The largest absolute Gasteiger partial charge is 0.496 e. The number of nitrogens with two attached hydrogens (primary N) is 1. The first kappa shape index (κ1) is 14.8. The van der Waals surface area contributed by atoms with Crippen LogP contribution in [0.1, 0.15) is 29.0 Å². The molecule has 0 saturated carbocycles. The van der Waals surface area contributed by atoms with Crippen molar-refractivity contribution >= 4 is 11.6 Å². The lowest BCUT2D eigenvalue weighted by Gasteiger charge is -2.26. The number of hydrogen-bond donors (Lipinski definition) is 1. The molecule has 2 rings (SSSR count). The molecule has 21 heavy (non-hydrogen) atoms. The maximum atomic E-state index is 12.5. The molecule has 1 heterocycles. The minimum Gasteiger partial charge on any atom is -0.496 e. The van der Waals surface area contributed by atoms with Gasteiger partial charge < -0.3 is 15.4 Å². The Hall–Kier alpha value is -2.56. The zero-order chi connectivity index (χ0) is 15.4. The SMILES string of the molecule is COc1ccccc1C(C)N(C)C(=O)c1ncccc1N. The topological polar surface area (TPSA) is 68.5 Å². The molecule has 1 aromatic heterocycles. The number of pyridine rings is 1. The molecule has 0 bridgehead atoms. The van der Waals surface area contributed by atoms with Crippen molar-refractivity contribution in [1.29, 1.82) is 0 Å². The Morgan fingerprint density at radius 3 is 2.67 bits per heavy atom. The Balaban J connectivity index is 2.29. The highest BCUT2D eigenvalue weighted by molar-refractivity contribution is 5.97. The monoisotopic (exact) mass is 285 g/mol. The first-order valence-corrected chi connectivity index (χ1v) is 6.66. The lowest BCUT2D eigenvalue weighted by atomic mass is 10.1. The molecule has 1 unspecified atom stereocenters. The maximum Gasteiger partial charge on any atom is 0.274 e. The van der Waals surface area contributed by atoms with E-state index in [2.05, 4.69) is 4.98 Å². The van der Waals surface area contributed by atoms with Gasteiger partial charge in [-0.1, -0.05) is 18.2 Å². The van der Waals surface area contributed by atoms with E-state index in [1.807, 2.05) is 31.2 Å². The van der Waals surface area contributed by atoms with Crippen molar-refractivity contribution in [3.05, 3.63) is 53.9 Å². The number of nitrogen functional groups attached to an aromatic ring is 1. The van der Waals surface area contributed by atoms with Crippen molar-refractivity contribution < 1.29 is 9.53 Å². The van der Waals surface area contributed by atoms with Gasteiger partial charge in [0.2, 0.25) is 0 Å². The van der Waals surface area contributed by atoms with Crippen LogP contribution in [0.4, 0.5) is 5.69 Å². The Kier molecular flexibility index (Phi) is 4.42. The van der Waals surface area contributed by atoms with Crippen molar-refractivity contribution in [3.63, 3.8) is 0 Å². The standard InChI is InChI=1S/C16H19N3O2/c1-11(12-7-4-5-9-14(12)21-3)19(2)16(20)15-13(17)8-6-10-18-15/h4-11H,17H2,1-3H3. The predicted molar refractivity (Wildman–Crippen MR) is 82.2 cm³/mol. The third-order valence-corrected chi connectivity index (χ3v) is 3.53. The number of benzene rings is 1. The molecule has 1 aromatic carbocycles. The van der Waals surface area contributed by atoms with Crippen LogP contribution in [0.2, 0.25) is 0 Å². The van der Waals surface area contributed by atoms with Crippen LogP contribution in [0.3, 0.4) is 0 Å². The zero-order valence-corrected chi connectivity index (χ0v) is 12.4. The molecule has 0 radical (unpaired) electrons. The van der Waals surface area contributed by atoms with Crippen LogP contribution in [0, 0.1) is 0 Å². The highest BCUT2D eigenvalue weighted by atomic mass is 16.5. The van der Waals surface area contributed by atoms with Crippen LogP contribution in [0.5, 0.6) is 5.75 Å². The van der Waals surface area contributed by atoms with E-state index in [0.717, 1.165) is 11.3 Å².